The van der Waals surface area contributed by atoms with Crippen molar-refractivity contribution in [3.63, 3.8) is 0 Å². The van der Waals surface area contributed by atoms with Crippen LogP contribution >= 0.6 is 0 Å². The van der Waals surface area contributed by atoms with Gasteiger partial charge in [-0.1, -0.05) is 50.1 Å². The van der Waals surface area contributed by atoms with Gasteiger partial charge in [-0.25, -0.2) is 0 Å². The fourth-order valence-corrected chi connectivity index (χ4v) is 2.74. The van der Waals surface area contributed by atoms with E-state index in [0.717, 1.165) is 12.0 Å². The number of nitrogens with one attached hydrogen (secondary N) is 1. The van der Waals surface area contributed by atoms with Crippen molar-refractivity contribution in [1.29, 1.82) is 0 Å². The summed E-state index contributed by atoms with van der Waals surface area (Å²) in [6.45, 7) is 3.49. The Bertz CT molecular complexity index is 294. The van der Waals surface area contributed by atoms with Gasteiger partial charge in [0.25, 0.3) is 0 Å². The second-order valence-corrected chi connectivity index (χ2v) is 4.94. The van der Waals surface area contributed by atoms with Gasteiger partial charge in [0.1, 0.15) is 0 Å². The molecule has 0 radical (unpaired) electrons. The van der Waals surface area contributed by atoms with Crippen molar-refractivity contribution in [2.75, 3.05) is 6.54 Å². The normalized spacial score (nSPS) is 24.8. The number of rotatable bonds is 5. The Hall–Kier alpha value is -0.820. The molecule has 0 spiro atoms. The highest BCUT2D eigenvalue weighted by Crippen LogP contribution is 2.24. The average Bonchev–Trinajstić information content (AvgIpc) is 2.75. The van der Waals surface area contributed by atoms with Gasteiger partial charge in [0.05, 0.1) is 0 Å². The van der Waals surface area contributed by atoms with Crippen molar-refractivity contribution >= 4 is 0 Å². The van der Waals surface area contributed by atoms with Gasteiger partial charge in [-0.15, -0.1) is 0 Å². The lowest BCUT2D eigenvalue weighted by Crippen LogP contribution is -2.27. The van der Waals surface area contributed by atoms with Gasteiger partial charge in [-0.2, -0.15) is 0 Å². The van der Waals surface area contributed by atoms with Crippen molar-refractivity contribution in [3.05, 3.63) is 35.9 Å². The molecule has 1 heterocycles. The predicted octanol–water partition coefficient (Wildman–Crippen LogP) is 3.40. The first-order valence-electron chi connectivity index (χ1n) is 6.67. The van der Waals surface area contributed by atoms with E-state index in [1.54, 1.807) is 0 Å². The molecule has 2 atom stereocenters. The first kappa shape index (κ1) is 11.7. The summed E-state index contributed by atoms with van der Waals surface area (Å²) in [5.74, 6) is 0.856. The Kier molecular flexibility index (Phi) is 4.41. The van der Waals surface area contributed by atoms with Crippen LogP contribution in [0.5, 0.6) is 0 Å². The van der Waals surface area contributed by atoms with Gasteiger partial charge in [0.2, 0.25) is 0 Å². The maximum atomic E-state index is 3.66. The molecule has 0 aromatic heterocycles. The molecule has 1 saturated heterocycles. The van der Waals surface area contributed by atoms with Crippen LogP contribution in [0.1, 0.15) is 38.2 Å². The van der Waals surface area contributed by atoms with E-state index in [4.69, 9.17) is 0 Å². The van der Waals surface area contributed by atoms with E-state index in [9.17, 15) is 0 Å². The fraction of sp³-hybridized carbons (Fsp3) is 0.600. The monoisotopic (exact) mass is 217 g/mol. The number of unbranched alkanes of at least 4 members (excludes halogenated alkanes) is 1. The predicted molar refractivity (Wildman–Crippen MR) is 69.6 cm³/mol. The second kappa shape index (κ2) is 6.05. The average molecular weight is 217 g/mol. The molecule has 1 aromatic rings. The van der Waals surface area contributed by atoms with Gasteiger partial charge in [0.15, 0.2) is 0 Å². The third kappa shape index (κ3) is 3.08. The SMILES string of the molecule is CCCCC1NCCC1Cc1ccccc1. The van der Waals surface area contributed by atoms with Crippen LogP contribution < -0.4 is 5.32 Å². The Morgan fingerprint density at radius 1 is 1.25 bits per heavy atom. The van der Waals surface area contributed by atoms with E-state index in [0.29, 0.717) is 0 Å². The Morgan fingerprint density at radius 2 is 2.06 bits per heavy atom. The van der Waals surface area contributed by atoms with Crippen molar-refractivity contribution in [3.8, 4) is 0 Å². The van der Waals surface area contributed by atoms with Crippen LogP contribution in [0.3, 0.4) is 0 Å². The molecule has 1 N–H and O–H groups in total. The number of hydrogen-bond donors (Lipinski definition) is 1. The third-order valence-electron chi connectivity index (χ3n) is 3.70. The van der Waals surface area contributed by atoms with Crippen LogP contribution in [-0.4, -0.2) is 12.6 Å². The van der Waals surface area contributed by atoms with Gasteiger partial charge >= 0.3 is 0 Å². The van der Waals surface area contributed by atoms with E-state index in [2.05, 4.69) is 42.6 Å². The first-order chi connectivity index (χ1) is 7.90. The quantitative estimate of drug-likeness (QED) is 0.797. The van der Waals surface area contributed by atoms with Crippen LogP contribution in [0.4, 0.5) is 0 Å². The van der Waals surface area contributed by atoms with Crippen LogP contribution in [0.2, 0.25) is 0 Å². The first-order valence-corrected chi connectivity index (χ1v) is 6.67. The van der Waals surface area contributed by atoms with E-state index < -0.39 is 0 Å². The molecule has 1 heteroatoms. The lowest BCUT2D eigenvalue weighted by molar-refractivity contribution is 0.410. The molecule has 0 bridgehead atoms. The van der Waals surface area contributed by atoms with E-state index >= 15 is 0 Å². The minimum atomic E-state index is 0.764. The molecule has 16 heavy (non-hydrogen) atoms. The fourth-order valence-electron chi connectivity index (χ4n) is 2.74. The lowest BCUT2D eigenvalue weighted by atomic mass is 9.90. The summed E-state index contributed by atoms with van der Waals surface area (Å²) in [4.78, 5) is 0. The molecular weight excluding hydrogens is 194 g/mol. The highest BCUT2D eigenvalue weighted by Gasteiger charge is 2.25. The summed E-state index contributed by atoms with van der Waals surface area (Å²) in [5.41, 5.74) is 1.50. The van der Waals surface area contributed by atoms with Crippen molar-refractivity contribution in [1.82, 2.24) is 5.32 Å². The third-order valence-corrected chi connectivity index (χ3v) is 3.70. The molecule has 0 amide bonds. The highest BCUT2D eigenvalue weighted by molar-refractivity contribution is 5.16. The molecule has 0 saturated carbocycles. The van der Waals surface area contributed by atoms with E-state index in [1.807, 2.05) is 0 Å². The number of hydrogen-bond acceptors (Lipinski definition) is 1. The zero-order valence-corrected chi connectivity index (χ0v) is 10.3. The van der Waals surface area contributed by atoms with Crippen molar-refractivity contribution in [2.45, 2.75) is 45.1 Å². The summed E-state index contributed by atoms with van der Waals surface area (Å²) >= 11 is 0. The molecule has 88 valence electrons. The molecule has 1 aromatic carbocycles. The van der Waals surface area contributed by atoms with Crippen molar-refractivity contribution in [2.24, 2.45) is 5.92 Å². The lowest BCUT2D eigenvalue weighted by Gasteiger charge is -2.19. The molecule has 2 unspecified atom stereocenters. The highest BCUT2D eigenvalue weighted by atomic mass is 14.9. The standard InChI is InChI=1S/C15H23N/c1-2-3-9-15-14(10-11-16-15)12-13-7-5-4-6-8-13/h4-8,14-16H,2-3,9-12H2,1H3. The summed E-state index contributed by atoms with van der Waals surface area (Å²) in [5, 5.41) is 3.66. The smallest absolute Gasteiger partial charge is 0.00989 e. The second-order valence-electron chi connectivity index (χ2n) is 4.94. The minimum absolute atomic E-state index is 0.764. The van der Waals surface area contributed by atoms with Crippen LogP contribution in [0.25, 0.3) is 0 Å². The van der Waals surface area contributed by atoms with Crippen LogP contribution in [0, 0.1) is 5.92 Å². The molecule has 1 fully saturated rings. The van der Waals surface area contributed by atoms with Gasteiger partial charge < -0.3 is 5.32 Å². The van der Waals surface area contributed by atoms with Gasteiger partial charge in [0, 0.05) is 6.04 Å². The number of benzene rings is 1. The van der Waals surface area contributed by atoms with Gasteiger partial charge in [-0.05, 0) is 37.3 Å². The Morgan fingerprint density at radius 3 is 2.81 bits per heavy atom. The molecule has 2 rings (SSSR count). The Balaban J connectivity index is 1.88. The molecule has 0 aliphatic carbocycles. The maximum Gasteiger partial charge on any atom is 0.00989 e. The van der Waals surface area contributed by atoms with E-state index in [1.165, 1.54) is 44.2 Å². The molecule has 1 aliphatic heterocycles. The zero-order valence-electron chi connectivity index (χ0n) is 10.3. The van der Waals surface area contributed by atoms with Crippen LogP contribution in [0.15, 0.2) is 30.3 Å². The molecular formula is C15H23N. The minimum Gasteiger partial charge on any atom is -0.314 e. The summed E-state index contributed by atoms with van der Waals surface area (Å²) in [6.07, 6.45) is 6.64. The molecule has 1 aliphatic rings. The summed E-state index contributed by atoms with van der Waals surface area (Å²) in [7, 11) is 0. The Labute approximate surface area is 99.3 Å². The van der Waals surface area contributed by atoms with Crippen LogP contribution in [-0.2, 0) is 6.42 Å². The van der Waals surface area contributed by atoms with Gasteiger partial charge in [-0.3, -0.25) is 0 Å². The summed E-state index contributed by atoms with van der Waals surface area (Å²) in [6, 6.07) is 11.7. The molecule has 1 nitrogen and oxygen atoms in total. The maximum absolute atomic E-state index is 3.66. The summed E-state index contributed by atoms with van der Waals surface area (Å²) < 4.78 is 0. The van der Waals surface area contributed by atoms with Crippen molar-refractivity contribution < 1.29 is 0 Å². The topological polar surface area (TPSA) is 12.0 Å². The largest absolute Gasteiger partial charge is 0.314 e. The zero-order chi connectivity index (χ0) is 11.2. The van der Waals surface area contributed by atoms with E-state index in [-0.39, 0.29) is 0 Å².